The Hall–Kier alpha value is -6.22. The molecule has 9 heteroatoms. The van der Waals surface area contributed by atoms with E-state index in [0.717, 1.165) is 16.7 Å². The van der Waals surface area contributed by atoms with E-state index in [0.29, 0.717) is 28.1 Å². The molecule has 9 nitrogen and oxygen atoms in total. The number of carbonyl (C=O) groups excluding carboxylic acids is 1. The van der Waals surface area contributed by atoms with Gasteiger partial charge in [0.05, 0.1) is 27.2 Å². The van der Waals surface area contributed by atoms with Crippen LogP contribution in [0.3, 0.4) is 0 Å². The minimum atomic E-state index is -1.38. The number of ketones is 1. The summed E-state index contributed by atoms with van der Waals surface area (Å²) in [6, 6.07) is 39.1. The minimum Gasteiger partial charge on any atom is -0.291 e. The van der Waals surface area contributed by atoms with Gasteiger partial charge in [-0.1, -0.05) is 84.9 Å². The Bertz CT molecular complexity index is 2020. The molecule has 1 aliphatic carbocycles. The first-order valence-corrected chi connectivity index (χ1v) is 14.2. The van der Waals surface area contributed by atoms with Gasteiger partial charge in [0.15, 0.2) is 11.3 Å². The molecule has 2 aliphatic rings. The van der Waals surface area contributed by atoms with Crippen molar-refractivity contribution in [1.82, 2.24) is 0 Å². The van der Waals surface area contributed by atoms with E-state index in [-0.39, 0.29) is 17.2 Å². The molecule has 0 amide bonds. The lowest BCUT2D eigenvalue weighted by atomic mass is 9.71. The van der Waals surface area contributed by atoms with Crippen LogP contribution in [-0.2, 0) is 10.3 Å². The molecule has 1 heterocycles. The van der Waals surface area contributed by atoms with E-state index >= 15 is 4.79 Å². The van der Waals surface area contributed by atoms with Crippen molar-refractivity contribution in [2.45, 2.75) is 11.5 Å². The van der Waals surface area contributed by atoms with Crippen LogP contribution in [0.15, 0.2) is 139 Å². The molecular formula is C36H24N4O5. The zero-order valence-electron chi connectivity index (χ0n) is 23.7. The third-order valence-electron chi connectivity index (χ3n) is 8.37. The van der Waals surface area contributed by atoms with Crippen molar-refractivity contribution in [1.29, 1.82) is 0 Å². The number of nitro benzene ring substituents is 2. The lowest BCUT2D eigenvalue weighted by Gasteiger charge is -2.38. The van der Waals surface area contributed by atoms with E-state index < -0.39 is 21.3 Å². The lowest BCUT2D eigenvalue weighted by molar-refractivity contribution is -0.385. The average Bonchev–Trinajstić information content (AvgIpc) is 3.55. The van der Waals surface area contributed by atoms with Gasteiger partial charge in [0.25, 0.3) is 11.4 Å². The van der Waals surface area contributed by atoms with Crippen molar-refractivity contribution < 1.29 is 14.6 Å². The number of rotatable bonds is 6. The molecule has 45 heavy (non-hydrogen) atoms. The molecule has 218 valence electrons. The second kappa shape index (κ2) is 10.8. The van der Waals surface area contributed by atoms with Crippen molar-refractivity contribution in [3.05, 3.63) is 182 Å². The number of Topliss-reactive ketones (excluding diaryl/α,β-unsaturated/α-hetero) is 1. The molecule has 1 aliphatic heterocycles. The Morgan fingerprint density at radius 2 is 1.24 bits per heavy atom. The molecule has 0 N–H and O–H groups in total. The van der Waals surface area contributed by atoms with E-state index in [1.54, 1.807) is 35.4 Å². The topological polar surface area (TPSA) is 119 Å². The van der Waals surface area contributed by atoms with E-state index in [4.69, 9.17) is 5.10 Å². The highest BCUT2D eigenvalue weighted by Gasteiger charge is 2.63. The Kier molecular flexibility index (Phi) is 6.63. The Morgan fingerprint density at radius 3 is 1.87 bits per heavy atom. The lowest BCUT2D eigenvalue weighted by Crippen LogP contribution is -2.49. The maximum Gasteiger partial charge on any atom is 0.269 e. The van der Waals surface area contributed by atoms with Crippen LogP contribution in [-0.4, -0.2) is 21.3 Å². The van der Waals surface area contributed by atoms with Crippen LogP contribution in [0.1, 0.15) is 33.7 Å². The summed E-state index contributed by atoms with van der Waals surface area (Å²) in [6.07, 6.45) is 1.76. The molecule has 2 atom stereocenters. The third kappa shape index (κ3) is 4.41. The van der Waals surface area contributed by atoms with Gasteiger partial charge in [-0.05, 0) is 58.2 Å². The predicted molar refractivity (Wildman–Crippen MR) is 172 cm³/mol. The molecule has 7 rings (SSSR count). The fourth-order valence-corrected chi connectivity index (χ4v) is 6.42. The van der Waals surface area contributed by atoms with E-state index in [1.807, 2.05) is 84.9 Å². The van der Waals surface area contributed by atoms with Gasteiger partial charge in [0, 0.05) is 29.8 Å². The number of para-hydroxylation sites is 1. The van der Waals surface area contributed by atoms with Crippen LogP contribution in [0.25, 0.3) is 11.6 Å². The Balaban J connectivity index is 1.51. The second-order valence-electron chi connectivity index (χ2n) is 10.8. The summed E-state index contributed by atoms with van der Waals surface area (Å²) >= 11 is 0. The molecular weight excluding hydrogens is 568 g/mol. The summed E-state index contributed by atoms with van der Waals surface area (Å²) in [4.78, 5) is 37.2. The fraction of sp³-hybridized carbons (Fsp3) is 0.0556. The predicted octanol–water partition coefficient (Wildman–Crippen LogP) is 7.53. The van der Waals surface area contributed by atoms with Crippen LogP contribution in [0.5, 0.6) is 0 Å². The van der Waals surface area contributed by atoms with Crippen molar-refractivity contribution in [2.75, 3.05) is 5.01 Å². The third-order valence-corrected chi connectivity index (χ3v) is 8.37. The summed E-state index contributed by atoms with van der Waals surface area (Å²) in [7, 11) is 0. The Morgan fingerprint density at radius 1 is 0.689 bits per heavy atom. The van der Waals surface area contributed by atoms with E-state index in [1.165, 1.54) is 24.3 Å². The van der Waals surface area contributed by atoms with Crippen molar-refractivity contribution >= 4 is 40.2 Å². The van der Waals surface area contributed by atoms with Crippen LogP contribution in [0.4, 0.5) is 17.1 Å². The first kappa shape index (κ1) is 27.6. The molecule has 0 aromatic heterocycles. The van der Waals surface area contributed by atoms with Crippen molar-refractivity contribution in [3.63, 3.8) is 0 Å². The fourth-order valence-electron chi connectivity index (χ4n) is 6.42. The van der Waals surface area contributed by atoms with Gasteiger partial charge in [0.1, 0.15) is 0 Å². The van der Waals surface area contributed by atoms with Crippen molar-refractivity contribution in [3.8, 4) is 0 Å². The summed E-state index contributed by atoms with van der Waals surface area (Å²) in [5.41, 5.74) is 3.92. The molecule has 5 aromatic carbocycles. The van der Waals surface area contributed by atoms with Gasteiger partial charge >= 0.3 is 0 Å². The standard InChI is InChI=1S/C36H24N4O5/c41-35-31(23-24-15-19-28(20-16-24)39(42)43)30-13-7-8-14-32(30)36(35)33(25-17-21-29(22-18-25)40(44)45)34(26-9-3-1-4-10-26)37-38(36)27-11-5-2-6-12-27/h1-23,33H/b31-23+/t33-,36-/m0/s1. The highest BCUT2D eigenvalue weighted by atomic mass is 16.6. The molecule has 0 saturated heterocycles. The molecule has 0 radical (unpaired) electrons. The van der Waals surface area contributed by atoms with Gasteiger partial charge in [-0.3, -0.25) is 25.0 Å². The molecule has 0 unspecified atom stereocenters. The molecule has 1 spiro atoms. The second-order valence-corrected chi connectivity index (χ2v) is 10.8. The van der Waals surface area contributed by atoms with Crippen LogP contribution >= 0.6 is 0 Å². The Labute approximate surface area is 257 Å². The molecule has 0 saturated carbocycles. The number of fused-ring (bicyclic) bond motifs is 2. The number of nitro groups is 2. The number of carbonyl (C=O) groups is 1. The number of non-ortho nitro benzene ring substituents is 2. The van der Waals surface area contributed by atoms with Gasteiger partial charge in [-0.25, -0.2) is 5.01 Å². The average molecular weight is 593 g/mol. The first-order chi connectivity index (χ1) is 21.9. The number of anilines is 1. The highest BCUT2D eigenvalue weighted by molar-refractivity contribution is 6.36. The summed E-state index contributed by atoms with van der Waals surface area (Å²) in [6.45, 7) is 0. The van der Waals surface area contributed by atoms with Gasteiger partial charge in [0.2, 0.25) is 0 Å². The van der Waals surface area contributed by atoms with Gasteiger partial charge in [-0.2, -0.15) is 5.10 Å². The summed E-state index contributed by atoms with van der Waals surface area (Å²) in [5, 5.41) is 29.8. The molecule has 5 aromatic rings. The number of benzene rings is 5. The van der Waals surface area contributed by atoms with Crippen LogP contribution in [0.2, 0.25) is 0 Å². The van der Waals surface area contributed by atoms with Crippen LogP contribution < -0.4 is 5.01 Å². The number of hydrogen-bond acceptors (Lipinski definition) is 7. The summed E-state index contributed by atoms with van der Waals surface area (Å²) < 4.78 is 0. The van der Waals surface area contributed by atoms with Gasteiger partial charge < -0.3 is 0 Å². The SMILES string of the molecule is O=C1/C(=C/c2ccc([N+](=O)[O-])cc2)c2ccccc2[C@]12[C@@H](c1ccc([N+](=O)[O-])cc1)C(c1ccccc1)=NN2c1ccccc1. The molecule has 0 bridgehead atoms. The first-order valence-electron chi connectivity index (χ1n) is 14.2. The van der Waals surface area contributed by atoms with Crippen molar-refractivity contribution in [2.24, 2.45) is 5.10 Å². The van der Waals surface area contributed by atoms with E-state index in [9.17, 15) is 20.2 Å². The van der Waals surface area contributed by atoms with E-state index in [2.05, 4.69) is 0 Å². The maximum absolute atomic E-state index is 15.3. The normalized spacial score (nSPS) is 19.5. The maximum atomic E-state index is 15.3. The quantitative estimate of drug-likeness (QED) is 0.114. The summed E-state index contributed by atoms with van der Waals surface area (Å²) in [5.74, 6) is -0.860. The number of hydrogen-bond donors (Lipinski definition) is 0. The smallest absolute Gasteiger partial charge is 0.269 e. The zero-order chi connectivity index (χ0) is 31.1. The highest BCUT2D eigenvalue weighted by Crippen LogP contribution is 2.58. The minimum absolute atomic E-state index is 0.0445. The van der Waals surface area contributed by atoms with Crippen LogP contribution in [0, 0.1) is 20.2 Å². The van der Waals surface area contributed by atoms with Gasteiger partial charge in [-0.15, -0.1) is 0 Å². The molecule has 0 fully saturated rings. The zero-order valence-corrected chi connectivity index (χ0v) is 23.7. The number of hydrazone groups is 1. The number of nitrogens with zero attached hydrogens (tertiary/aromatic N) is 4. The largest absolute Gasteiger partial charge is 0.291 e. The monoisotopic (exact) mass is 592 g/mol.